The highest BCUT2D eigenvalue weighted by atomic mass is 35.5. The fourth-order valence-electron chi connectivity index (χ4n) is 2.48. The molecule has 0 aliphatic heterocycles. The van der Waals surface area contributed by atoms with Crippen molar-refractivity contribution in [3.05, 3.63) is 63.6 Å². The summed E-state index contributed by atoms with van der Waals surface area (Å²) < 4.78 is 10.1. The molecular weight excluding hydrogens is 431 g/mol. The van der Waals surface area contributed by atoms with Gasteiger partial charge < -0.3 is 20.1 Å². The highest BCUT2D eigenvalue weighted by molar-refractivity contribution is 6.36. The molecular formula is C21H22Cl2N2O5. The molecule has 0 fully saturated rings. The van der Waals surface area contributed by atoms with Gasteiger partial charge in [-0.05, 0) is 49.2 Å². The summed E-state index contributed by atoms with van der Waals surface area (Å²) in [5.74, 6) is -0.964. The van der Waals surface area contributed by atoms with Gasteiger partial charge in [-0.3, -0.25) is 14.4 Å². The lowest BCUT2D eigenvalue weighted by atomic mass is 10.1. The third-order valence-electron chi connectivity index (χ3n) is 4.12. The number of carbonyl (C=O) groups excluding carboxylic acids is 3. The van der Waals surface area contributed by atoms with Crippen LogP contribution < -0.4 is 15.4 Å². The van der Waals surface area contributed by atoms with Crippen LogP contribution in [0.25, 0.3) is 0 Å². The Morgan fingerprint density at radius 3 is 2.37 bits per heavy atom. The lowest BCUT2D eigenvalue weighted by molar-refractivity contribution is -0.153. The summed E-state index contributed by atoms with van der Waals surface area (Å²) in [6.07, 6.45) is -0.377. The van der Waals surface area contributed by atoms with E-state index in [-0.39, 0.29) is 10.6 Å². The Morgan fingerprint density at radius 2 is 1.73 bits per heavy atom. The molecule has 0 aliphatic carbocycles. The Bertz CT molecular complexity index is 903. The lowest BCUT2D eigenvalue weighted by Crippen LogP contribution is -2.39. The van der Waals surface area contributed by atoms with Gasteiger partial charge in [-0.15, -0.1) is 0 Å². The molecule has 0 spiro atoms. The normalized spacial score (nSPS) is 11.3. The van der Waals surface area contributed by atoms with Crippen LogP contribution in [0.3, 0.4) is 0 Å². The predicted octanol–water partition coefficient (Wildman–Crippen LogP) is 3.02. The lowest BCUT2D eigenvalue weighted by Gasteiger charge is -2.14. The van der Waals surface area contributed by atoms with Crippen molar-refractivity contribution in [1.29, 1.82) is 0 Å². The molecule has 0 radical (unpaired) electrons. The van der Waals surface area contributed by atoms with Crippen LogP contribution in [0.2, 0.25) is 10.0 Å². The summed E-state index contributed by atoms with van der Waals surface area (Å²) in [6, 6.07) is 11.9. The third kappa shape index (κ3) is 7.24. The number of halogens is 2. The predicted molar refractivity (Wildman–Crippen MR) is 114 cm³/mol. The first kappa shape index (κ1) is 23.5. The molecule has 1 atom stereocenters. The van der Waals surface area contributed by atoms with Crippen molar-refractivity contribution in [2.75, 3.05) is 20.2 Å². The molecule has 0 bridgehead atoms. The van der Waals surface area contributed by atoms with Gasteiger partial charge in [-0.25, -0.2) is 0 Å². The van der Waals surface area contributed by atoms with E-state index in [0.29, 0.717) is 18.0 Å². The number of nitrogens with one attached hydrogen (secondary N) is 2. The summed E-state index contributed by atoms with van der Waals surface area (Å²) >= 11 is 11.7. The molecule has 160 valence electrons. The van der Waals surface area contributed by atoms with E-state index in [2.05, 4.69) is 10.6 Å². The van der Waals surface area contributed by atoms with Gasteiger partial charge in [-0.1, -0.05) is 35.3 Å². The van der Waals surface area contributed by atoms with Crippen molar-refractivity contribution < 1.29 is 23.9 Å². The zero-order chi connectivity index (χ0) is 22.1. The highest BCUT2D eigenvalue weighted by Crippen LogP contribution is 2.20. The number of amides is 2. The van der Waals surface area contributed by atoms with Crippen LogP contribution in [0, 0.1) is 0 Å². The molecule has 30 heavy (non-hydrogen) atoms. The summed E-state index contributed by atoms with van der Waals surface area (Å²) in [5, 5.41) is 5.65. The van der Waals surface area contributed by atoms with Crippen molar-refractivity contribution in [1.82, 2.24) is 10.6 Å². The van der Waals surface area contributed by atoms with Crippen LogP contribution >= 0.6 is 23.2 Å². The van der Waals surface area contributed by atoms with Crippen LogP contribution in [0.1, 0.15) is 22.8 Å². The van der Waals surface area contributed by atoms with Crippen LogP contribution in [0.5, 0.6) is 5.75 Å². The van der Waals surface area contributed by atoms with Crippen molar-refractivity contribution in [2.24, 2.45) is 0 Å². The van der Waals surface area contributed by atoms with E-state index in [9.17, 15) is 14.4 Å². The minimum atomic E-state index is -0.996. The molecule has 2 rings (SSSR count). The number of methoxy groups -OCH3 is 1. The first-order chi connectivity index (χ1) is 14.3. The number of esters is 1. The number of hydrogen-bond acceptors (Lipinski definition) is 5. The molecule has 0 aliphatic rings. The van der Waals surface area contributed by atoms with Gasteiger partial charge in [0.15, 0.2) is 6.10 Å². The Hall–Kier alpha value is -2.77. The Morgan fingerprint density at radius 1 is 1.03 bits per heavy atom. The summed E-state index contributed by atoms with van der Waals surface area (Å²) in [4.78, 5) is 36.1. The van der Waals surface area contributed by atoms with Gasteiger partial charge in [0.05, 0.1) is 17.7 Å². The number of benzene rings is 2. The molecule has 2 aromatic rings. The average Bonchev–Trinajstić information content (AvgIpc) is 2.72. The van der Waals surface area contributed by atoms with E-state index in [0.717, 1.165) is 11.3 Å². The average molecular weight is 453 g/mol. The summed E-state index contributed by atoms with van der Waals surface area (Å²) in [5.41, 5.74) is 1.21. The van der Waals surface area contributed by atoms with Gasteiger partial charge in [0.2, 0.25) is 0 Å². The second kappa shape index (κ2) is 11.4. The molecule has 2 N–H and O–H groups in total. The Kier molecular flexibility index (Phi) is 8.95. The molecule has 0 aromatic heterocycles. The fraction of sp³-hybridized carbons (Fsp3) is 0.286. The maximum absolute atomic E-state index is 12.1. The molecule has 0 saturated carbocycles. The van der Waals surface area contributed by atoms with E-state index in [4.69, 9.17) is 32.7 Å². The monoisotopic (exact) mass is 452 g/mol. The Labute approximate surface area is 184 Å². The quantitative estimate of drug-likeness (QED) is 0.570. The van der Waals surface area contributed by atoms with E-state index >= 15 is 0 Å². The SMILES string of the molecule is COc1ccc(CCNC(=O)C(C)OC(=O)CNC(=O)c2ccc(Cl)cc2Cl)cc1. The molecule has 2 amide bonds. The van der Waals surface area contributed by atoms with Crippen LogP contribution in [0.4, 0.5) is 0 Å². The fourth-order valence-corrected chi connectivity index (χ4v) is 2.97. The van der Waals surface area contributed by atoms with Crippen LogP contribution in [-0.2, 0) is 20.7 Å². The van der Waals surface area contributed by atoms with Crippen molar-refractivity contribution in [2.45, 2.75) is 19.4 Å². The molecule has 2 aromatic carbocycles. The smallest absolute Gasteiger partial charge is 0.326 e. The van der Waals surface area contributed by atoms with E-state index in [1.54, 1.807) is 7.11 Å². The highest BCUT2D eigenvalue weighted by Gasteiger charge is 2.18. The summed E-state index contributed by atoms with van der Waals surface area (Å²) in [6.45, 7) is 1.44. The second-order valence-electron chi connectivity index (χ2n) is 6.33. The van der Waals surface area contributed by atoms with Gasteiger partial charge in [0.1, 0.15) is 12.3 Å². The van der Waals surface area contributed by atoms with Gasteiger partial charge >= 0.3 is 5.97 Å². The number of rotatable bonds is 9. The molecule has 1 unspecified atom stereocenters. The van der Waals surface area contributed by atoms with Crippen LogP contribution in [-0.4, -0.2) is 44.1 Å². The van der Waals surface area contributed by atoms with E-state index < -0.39 is 30.4 Å². The standard InChI is InChI=1S/C21H22Cl2N2O5/c1-13(20(27)24-10-9-14-3-6-16(29-2)7-4-14)30-19(26)12-25-21(28)17-8-5-15(22)11-18(17)23/h3-8,11,13H,9-10,12H2,1-2H3,(H,24,27)(H,25,28). The minimum absolute atomic E-state index is 0.165. The molecule has 0 saturated heterocycles. The van der Waals surface area contributed by atoms with Gasteiger partial charge in [0, 0.05) is 11.6 Å². The third-order valence-corrected chi connectivity index (χ3v) is 4.67. The van der Waals surface area contributed by atoms with Crippen molar-refractivity contribution in [3.8, 4) is 5.75 Å². The Balaban J connectivity index is 1.72. The van der Waals surface area contributed by atoms with Crippen LogP contribution in [0.15, 0.2) is 42.5 Å². The van der Waals surface area contributed by atoms with E-state index in [1.807, 2.05) is 24.3 Å². The number of hydrogen-bond donors (Lipinski definition) is 2. The topological polar surface area (TPSA) is 93.7 Å². The van der Waals surface area contributed by atoms with Crippen molar-refractivity contribution >= 4 is 41.0 Å². The van der Waals surface area contributed by atoms with Gasteiger partial charge in [-0.2, -0.15) is 0 Å². The first-order valence-corrected chi connectivity index (χ1v) is 9.89. The summed E-state index contributed by atoms with van der Waals surface area (Å²) in [7, 11) is 1.59. The van der Waals surface area contributed by atoms with Crippen molar-refractivity contribution in [3.63, 3.8) is 0 Å². The van der Waals surface area contributed by atoms with E-state index in [1.165, 1.54) is 25.1 Å². The maximum Gasteiger partial charge on any atom is 0.326 e. The molecule has 0 heterocycles. The zero-order valence-corrected chi connectivity index (χ0v) is 18.0. The minimum Gasteiger partial charge on any atom is -0.497 e. The number of carbonyl (C=O) groups is 3. The molecule has 7 nitrogen and oxygen atoms in total. The maximum atomic E-state index is 12.1. The second-order valence-corrected chi connectivity index (χ2v) is 7.17. The first-order valence-electron chi connectivity index (χ1n) is 9.13. The largest absolute Gasteiger partial charge is 0.497 e. The zero-order valence-electron chi connectivity index (χ0n) is 16.5. The van der Waals surface area contributed by atoms with Gasteiger partial charge in [0.25, 0.3) is 11.8 Å². The molecule has 9 heteroatoms. The number of ether oxygens (including phenoxy) is 2.